The maximum atomic E-state index is 13.7. The predicted molar refractivity (Wildman–Crippen MR) is 161 cm³/mol. The molecule has 234 valence electrons. The number of aliphatic carboxylic acids is 1. The number of aromatic nitrogens is 3. The van der Waals surface area contributed by atoms with E-state index in [2.05, 4.69) is 34.0 Å². The van der Waals surface area contributed by atoms with Crippen molar-refractivity contribution in [3.8, 4) is 6.07 Å². The minimum atomic E-state index is -4.58. The van der Waals surface area contributed by atoms with Gasteiger partial charge in [0.05, 0.1) is 23.1 Å². The van der Waals surface area contributed by atoms with Gasteiger partial charge in [-0.2, -0.15) is 18.4 Å². The third-order valence-corrected chi connectivity index (χ3v) is 8.99. The van der Waals surface area contributed by atoms with E-state index in [0.717, 1.165) is 75.0 Å². The van der Waals surface area contributed by atoms with Crippen LogP contribution >= 0.6 is 0 Å². The Bertz CT molecular complexity index is 1520. The van der Waals surface area contributed by atoms with Gasteiger partial charge in [0, 0.05) is 38.9 Å². The van der Waals surface area contributed by atoms with E-state index in [9.17, 15) is 28.3 Å². The first-order valence-corrected chi connectivity index (χ1v) is 15.4. The molecule has 2 aromatic carbocycles. The molecule has 1 fully saturated rings. The van der Waals surface area contributed by atoms with Crippen LogP contribution in [0, 0.1) is 23.2 Å². The van der Waals surface area contributed by atoms with Gasteiger partial charge in [0.15, 0.2) is 0 Å². The van der Waals surface area contributed by atoms with E-state index in [0.29, 0.717) is 36.8 Å². The fourth-order valence-corrected chi connectivity index (χ4v) is 6.65. The summed E-state index contributed by atoms with van der Waals surface area (Å²) in [6, 6.07) is 9.86. The molecule has 0 aliphatic heterocycles. The average Bonchev–Trinajstić information content (AvgIpc) is 3.45. The van der Waals surface area contributed by atoms with Gasteiger partial charge in [0.25, 0.3) is 0 Å². The van der Waals surface area contributed by atoms with Crippen LogP contribution in [0.15, 0.2) is 36.7 Å². The zero-order valence-electron chi connectivity index (χ0n) is 25.3. The van der Waals surface area contributed by atoms with Crippen molar-refractivity contribution in [2.24, 2.45) is 18.9 Å². The second-order valence-corrected chi connectivity index (χ2v) is 12.2. The molecule has 0 bridgehead atoms. The third-order valence-electron chi connectivity index (χ3n) is 8.99. The summed E-state index contributed by atoms with van der Waals surface area (Å²) >= 11 is 0. The maximum absolute atomic E-state index is 13.7. The number of nitrogens with zero attached hydrogens (tertiary/aromatic N) is 6. The van der Waals surface area contributed by atoms with Gasteiger partial charge in [-0.25, -0.2) is 4.98 Å². The van der Waals surface area contributed by atoms with Gasteiger partial charge >= 0.3 is 12.1 Å². The lowest BCUT2D eigenvalue weighted by Crippen LogP contribution is -2.34. The standard InChI is InChI=1S/C33H39F3N6O2/c1-3-41(18-22-8-10-25(11-9-22)31(43)44)30-16-27-7-5-4-6-26(27)15-28(30)20-42(32-38-21-40(2)39-32)19-24-12-23(17-37)13-29(14-24)33(34,35)36/h12-16,21-22,25H,3-11,18-20H2,1-2H3,(H,43,44)/t22-,25-. The molecule has 11 heteroatoms. The normalized spacial score (nSPS) is 18.4. The first-order valence-electron chi connectivity index (χ1n) is 15.4. The molecule has 1 heterocycles. The number of alkyl halides is 3. The minimum absolute atomic E-state index is 0.0481. The topological polar surface area (TPSA) is 98.3 Å². The molecule has 8 nitrogen and oxygen atoms in total. The number of rotatable bonds is 10. The average molecular weight is 609 g/mol. The Balaban J connectivity index is 1.49. The van der Waals surface area contributed by atoms with Gasteiger partial charge in [0.1, 0.15) is 6.33 Å². The summed E-state index contributed by atoms with van der Waals surface area (Å²) in [5, 5.41) is 23.4. The van der Waals surface area contributed by atoms with Crippen LogP contribution in [0.1, 0.15) is 78.8 Å². The Morgan fingerprint density at radius 2 is 1.75 bits per heavy atom. The quantitative estimate of drug-likeness (QED) is 0.280. The molecule has 1 saturated carbocycles. The van der Waals surface area contributed by atoms with Gasteiger partial charge < -0.3 is 14.9 Å². The van der Waals surface area contributed by atoms with Crippen LogP contribution in [0.4, 0.5) is 24.8 Å². The lowest BCUT2D eigenvalue weighted by molar-refractivity contribution is -0.143. The molecular formula is C33H39F3N6O2. The highest BCUT2D eigenvalue weighted by atomic mass is 19.4. The second kappa shape index (κ2) is 13.3. The number of halogens is 3. The highest BCUT2D eigenvalue weighted by molar-refractivity contribution is 5.70. The summed E-state index contributed by atoms with van der Waals surface area (Å²) in [6.07, 6.45) is 4.35. The van der Waals surface area contributed by atoms with E-state index >= 15 is 0 Å². The number of benzene rings is 2. The number of carboxylic acid groups (broad SMARTS) is 1. The summed E-state index contributed by atoms with van der Waals surface area (Å²) in [5.74, 6) is -0.198. The molecule has 2 aliphatic rings. The largest absolute Gasteiger partial charge is 0.481 e. The molecule has 0 spiro atoms. The Labute approximate surface area is 256 Å². The van der Waals surface area contributed by atoms with Gasteiger partial charge in [-0.15, -0.1) is 5.10 Å². The summed E-state index contributed by atoms with van der Waals surface area (Å²) in [4.78, 5) is 20.2. The number of hydrogen-bond acceptors (Lipinski definition) is 6. The van der Waals surface area contributed by atoms with Crippen molar-refractivity contribution >= 4 is 17.6 Å². The Kier molecular flexibility index (Phi) is 9.47. The van der Waals surface area contributed by atoms with Gasteiger partial charge in [0.2, 0.25) is 5.95 Å². The number of aryl methyl sites for hydroxylation is 3. The van der Waals surface area contributed by atoms with Crippen molar-refractivity contribution in [2.45, 2.75) is 77.6 Å². The van der Waals surface area contributed by atoms with Crippen molar-refractivity contribution in [1.29, 1.82) is 5.26 Å². The molecular weight excluding hydrogens is 569 g/mol. The fourth-order valence-electron chi connectivity index (χ4n) is 6.65. The summed E-state index contributed by atoms with van der Waals surface area (Å²) in [5.41, 5.74) is 4.22. The molecule has 0 atom stereocenters. The maximum Gasteiger partial charge on any atom is 0.416 e. The Morgan fingerprint density at radius 3 is 2.34 bits per heavy atom. The first kappa shape index (κ1) is 31.4. The zero-order chi connectivity index (χ0) is 31.4. The number of hydrogen-bond donors (Lipinski definition) is 1. The van der Waals surface area contributed by atoms with E-state index in [1.165, 1.54) is 17.2 Å². The van der Waals surface area contributed by atoms with Crippen LogP contribution in [0.5, 0.6) is 0 Å². The Morgan fingerprint density at radius 1 is 1.05 bits per heavy atom. The lowest BCUT2D eigenvalue weighted by Gasteiger charge is -2.35. The van der Waals surface area contributed by atoms with E-state index < -0.39 is 17.7 Å². The number of carboxylic acids is 1. The number of carbonyl (C=O) groups is 1. The molecule has 1 N–H and O–H groups in total. The summed E-state index contributed by atoms with van der Waals surface area (Å²) < 4.78 is 42.7. The third kappa shape index (κ3) is 7.34. The molecule has 44 heavy (non-hydrogen) atoms. The molecule has 1 aromatic heterocycles. The van der Waals surface area contributed by atoms with Crippen molar-refractivity contribution < 1.29 is 23.1 Å². The smallest absolute Gasteiger partial charge is 0.416 e. The molecule has 0 amide bonds. The van der Waals surface area contributed by atoms with E-state index in [4.69, 9.17) is 0 Å². The number of anilines is 2. The van der Waals surface area contributed by atoms with E-state index in [1.807, 2.05) is 11.0 Å². The summed E-state index contributed by atoms with van der Waals surface area (Å²) in [7, 11) is 1.75. The van der Waals surface area contributed by atoms with Crippen molar-refractivity contribution in [2.75, 3.05) is 22.9 Å². The lowest BCUT2D eigenvalue weighted by atomic mass is 9.81. The van der Waals surface area contributed by atoms with Crippen LogP contribution in [-0.2, 0) is 43.9 Å². The molecule has 0 radical (unpaired) electrons. The highest BCUT2D eigenvalue weighted by Crippen LogP contribution is 2.36. The van der Waals surface area contributed by atoms with Crippen LogP contribution in [0.25, 0.3) is 0 Å². The van der Waals surface area contributed by atoms with Crippen LogP contribution in [0.3, 0.4) is 0 Å². The summed E-state index contributed by atoms with van der Waals surface area (Å²) in [6.45, 7) is 4.16. The minimum Gasteiger partial charge on any atom is -0.481 e. The van der Waals surface area contributed by atoms with Gasteiger partial charge in [-0.05, 0) is 111 Å². The Hall–Kier alpha value is -4.07. The van der Waals surface area contributed by atoms with E-state index in [1.54, 1.807) is 18.1 Å². The molecule has 0 unspecified atom stereocenters. The molecule has 0 saturated heterocycles. The zero-order valence-corrected chi connectivity index (χ0v) is 25.3. The van der Waals surface area contributed by atoms with Crippen molar-refractivity contribution in [3.63, 3.8) is 0 Å². The monoisotopic (exact) mass is 608 g/mol. The van der Waals surface area contributed by atoms with Crippen LogP contribution in [0.2, 0.25) is 0 Å². The molecule has 2 aliphatic carbocycles. The van der Waals surface area contributed by atoms with Crippen molar-refractivity contribution in [1.82, 2.24) is 14.8 Å². The molecule has 3 aromatic rings. The predicted octanol–water partition coefficient (Wildman–Crippen LogP) is 6.51. The van der Waals surface area contributed by atoms with Gasteiger partial charge in [-0.3, -0.25) is 9.48 Å². The SMILES string of the molecule is CCN(C[C@H]1CC[C@H](C(=O)O)CC1)c1cc2c(cc1CN(Cc1cc(C#N)cc(C(F)(F)F)c1)c1ncn(C)n1)CCCC2. The van der Waals surface area contributed by atoms with E-state index in [-0.39, 0.29) is 18.0 Å². The highest BCUT2D eigenvalue weighted by Gasteiger charge is 2.32. The first-order chi connectivity index (χ1) is 21.0. The number of fused-ring (bicyclic) bond motifs is 1. The fraction of sp³-hybridized carbons (Fsp3) is 0.515. The molecule has 5 rings (SSSR count). The second-order valence-electron chi connectivity index (χ2n) is 12.2. The van der Waals surface area contributed by atoms with Crippen molar-refractivity contribution in [3.05, 3.63) is 70.0 Å². The van der Waals surface area contributed by atoms with Crippen LogP contribution in [-0.4, -0.2) is 38.9 Å². The van der Waals surface area contributed by atoms with Crippen LogP contribution < -0.4 is 9.80 Å². The number of nitriles is 1. The van der Waals surface area contributed by atoms with Gasteiger partial charge in [-0.1, -0.05) is 6.07 Å².